The molecule has 6 aliphatic rings. The molecule has 2 heterocycles. The van der Waals surface area contributed by atoms with E-state index >= 15 is 0 Å². The molecular formula is C42H64O15. The molecule has 57 heavy (non-hydrogen) atoms. The Bertz CT molecular complexity index is 1580. The second kappa shape index (κ2) is 17.0. The Morgan fingerprint density at radius 3 is 2.23 bits per heavy atom. The molecule has 15 nitrogen and oxygen atoms in total. The zero-order valence-electron chi connectivity index (χ0n) is 34.2. The molecule has 2 aliphatic heterocycles. The summed E-state index contributed by atoms with van der Waals surface area (Å²) in [7, 11) is 1.11. The number of ether oxygens (including phenoxy) is 5. The summed E-state index contributed by atoms with van der Waals surface area (Å²) in [6.07, 6.45) is -9.83. The maximum Gasteiger partial charge on any atom is 0.337 e. The monoisotopic (exact) mass is 808 g/mol. The van der Waals surface area contributed by atoms with Crippen molar-refractivity contribution in [1.29, 1.82) is 0 Å². The molecule has 2 saturated heterocycles. The van der Waals surface area contributed by atoms with E-state index in [1.54, 1.807) is 0 Å². The van der Waals surface area contributed by atoms with E-state index in [1.165, 1.54) is 0 Å². The number of esters is 1. The Morgan fingerprint density at radius 1 is 0.895 bits per heavy atom. The maximum absolute atomic E-state index is 14.1. The Kier molecular flexibility index (Phi) is 13.2. The van der Waals surface area contributed by atoms with E-state index in [-0.39, 0.29) is 64.7 Å². The molecule has 7 N–H and O–H groups in total. The number of ketones is 2. The van der Waals surface area contributed by atoms with Gasteiger partial charge in [-0.2, -0.15) is 0 Å². The van der Waals surface area contributed by atoms with Crippen LogP contribution in [-0.2, 0) is 38.1 Å². The molecule has 15 heteroatoms. The van der Waals surface area contributed by atoms with Crippen LogP contribution < -0.4 is 0 Å². The molecule has 4 aliphatic carbocycles. The van der Waals surface area contributed by atoms with Gasteiger partial charge in [-0.25, -0.2) is 4.79 Å². The molecule has 0 bridgehead atoms. The average Bonchev–Trinajstić information content (AvgIpc) is 3.37. The summed E-state index contributed by atoms with van der Waals surface area (Å²) >= 11 is 0. The van der Waals surface area contributed by atoms with Crippen molar-refractivity contribution in [3.8, 4) is 0 Å². The van der Waals surface area contributed by atoms with Crippen LogP contribution >= 0.6 is 0 Å². The van der Waals surface area contributed by atoms with Gasteiger partial charge in [0.15, 0.2) is 30.2 Å². The number of allylic oxidation sites excluding steroid dienone is 4. The van der Waals surface area contributed by atoms with Crippen LogP contribution in [-0.4, -0.2) is 135 Å². The molecule has 0 aromatic heterocycles. The van der Waals surface area contributed by atoms with Crippen molar-refractivity contribution in [2.24, 2.45) is 46.3 Å². The van der Waals surface area contributed by atoms with Gasteiger partial charge >= 0.3 is 5.97 Å². The van der Waals surface area contributed by atoms with Gasteiger partial charge in [-0.05, 0) is 98.0 Å². The molecule has 0 aromatic rings. The molecule has 18 atom stereocenters. The second-order valence-corrected chi connectivity index (χ2v) is 18.3. The van der Waals surface area contributed by atoms with Gasteiger partial charge in [0, 0.05) is 17.8 Å². The molecule has 6 rings (SSSR count). The number of fused-ring (bicyclic) bond motifs is 5. The lowest BCUT2D eigenvalue weighted by molar-refractivity contribution is -0.369. The highest BCUT2D eigenvalue weighted by Gasteiger charge is 2.64. The highest BCUT2D eigenvalue weighted by Crippen LogP contribution is 2.67. The first-order valence-corrected chi connectivity index (χ1v) is 20.7. The molecule has 0 aromatic carbocycles. The summed E-state index contributed by atoms with van der Waals surface area (Å²) in [5.41, 5.74) is 0.770. The van der Waals surface area contributed by atoms with Gasteiger partial charge in [-0.3, -0.25) is 9.59 Å². The van der Waals surface area contributed by atoms with Crippen molar-refractivity contribution in [1.82, 2.24) is 0 Å². The van der Waals surface area contributed by atoms with Crippen molar-refractivity contribution < 1.29 is 73.8 Å². The van der Waals surface area contributed by atoms with Crippen molar-refractivity contribution in [3.05, 3.63) is 23.0 Å². The molecule has 3 saturated carbocycles. The number of carbonyl (C=O) groups excluding carboxylic acids is 3. The summed E-state index contributed by atoms with van der Waals surface area (Å²) in [5.74, 6) is -1.44. The van der Waals surface area contributed by atoms with Gasteiger partial charge < -0.3 is 59.4 Å². The van der Waals surface area contributed by atoms with Crippen molar-refractivity contribution in [2.45, 2.75) is 160 Å². The number of Topliss-reactive ketones (excluding diaryl/α,β-unsaturated/α-hetero) is 2. The van der Waals surface area contributed by atoms with Crippen LogP contribution in [0.4, 0.5) is 0 Å². The average molecular weight is 809 g/mol. The van der Waals surface area contributed by atoms with E-state index < -0.39 is 85.5 Å². The lowest BCUT2D eigenvalue weighted by atomic mass is 9.44. The van der Waals surface area contributed by atoms with E-state index in [4.69, 9.17) is 23.7 Å². The van der Waals surface area contributed by atoms with Crippen LogP contribution in [0.25, 0.3) is 0 Å². The van der Waals surface area contributed by atoms with Gasteiger partial charge in [0.1, 0.15) is 42.7 Å². The number of aliphatic hydroxyl groups excluding tert-OH is 7. The van der Waals surface area contributed by atoms with Crippen molar-refractivity contribution in [2.75, 3.05) is 13.7 Å². The van der Waals surface area contributed by atoms with Gasteiger partial charge in [-0.15, -0.1) is 0 Å². The largest absolute Gasteiger partial charge is 0.504 e. The first kappa shape index (κ1) is 44.2. The number of hydrogen-bond acceptors (Lipinski definition) is 15. The highest BCUT2D eigenvalue weighted by atomic mass is 16.8. The van der Waals surface area contributed by atoms with Crippen LogP contribution in [0.1, 0.15) is 92.9 Å². The molecule has 5 fully saturated rings. The molecule has 0 amide bonds. The Labute approximate surface area is 334 Å². The van der Waals surface area contributed by atoms with Crippen molar-refractivity contribution >= 4 is 17.5 Å². The zero-order valence-corrected chi connectivity index (χ0v) is 34.2. The van der Waals surface area contributed by atoms with Gasteiger partial charge in [0.05, 0.1) is 19.8 Å². The lowest BCUT2D eigenvalue weighted by Crippen LogP contribution is -2.65. The normalized spacial score (nSPS) is 45.6. The fourth-order valence-electron chi connectivity index (χ4n) is 11.9. The van der Waals surface area contributed by atoms with Crippen LogP contribution in [0.5, 0.6) is 0 Å². The lowest BCUT2D eigenvalue weighted by Gasteiger charge is -2.60. The molecule has 322 valence electrons. The Hall–Kier alpha value is -2.31. The van der Waals surface area contributed by atoms with Gasteiger partial charge in [-0.1, -0.05) is 40.7 Å². The minimum Gasteiger partial charge on any atom is -0.504 e. The first-order valence-electron chi connectivity index (χ1n) is 20.7. The summed E-state index contributed by atoms with van der Waals surface area (Å²) in [6.45, 7) is 11.5. The predicted octanol–water partition coefficient (Wildman–Crippen LogP) is 2.02. The third-order valence-electron chi connectivity index (χ3n) is 14.9. The maximum atomic E-state index is 14.1. The van der Waals surface area contributed by atoms with Crippen molar-refractivity contribution in [3.63, 3.8) is 0 Å². The third kappa shape index (κ3) is 7.68. The zero-order chi connectivity index (χ0) is 41.9. The van der Waals surface area contributed by atoms with E-state index in [0.717, 1.165) is 43.9 Å². The van der Waals surface area contributed by atoms with Gasteiger partial charge in [0.2, 0.25) is 5.78 Å². The molecule has 18 unspecified atom stereocenters. The van der Waals surface area contributed by atoms with Gasteiger partial charge in [0.25, 0.3) is 0 Å². The number of methoxy groups -OCH3 is 1. The second-order valence-electron chi connectivity index (χ2n) is 18.3. The summed E-state index contributed by atoms with van der Waals surface area (Å²) in [5, 5.41) is 74.5. The fourth-order valence-corrected chi connectivity index (χ4v) is 11.9. The van der Waals surface area contributed by atoms with E-state index in [1.807, 2.05) is 33.8 Å². The predicted molar refractivity (Wildman–Crippen MR) is 201 cm³/mol. The number of aliphatic hydroxyl groups is 7. The summed E-state index contributed by atoms with van der Waals surface area (Å²) in [4.78, 5) is 40.0. The molecular weight excluding hydrogens is 744 g/mol. The fraction of sp³-hybridized carbons (Fsp3) is 0.833. The highest BCUT2D eigenvalue weighted by molar-refractivity contribution is 6.01. The first-order chi connectivity index (χ1) is 26.8. The minimum atomic E-state index is -1.82. The summed E-state index contributed by atoms with van der Waals surface area (Å²) in [6, 6.07) is 0. The van der Waals surface area contributed by atoms with Crippen LogP contribution in [0.2, 0.25) is 0 Å². The van der Waals surface area contributed by atoms with E-state index in [9.17, 15) is 50.1 Å². The topological polar surface area (TPSA) is 239 Å². The van der Waals surface area contributed by atoms with Crippen LogP contribution in [0.3, 0.4) is 0 Å². The quantitative estimate of drug-likeness (QED) is 0.0898. The van der Waals surface area contributed by atoms with E-state index in [2.05, 4.69) is 13.8 Å². The van der Waals surface area contributed by atoms with E-state index in [0.29, 0.717) is 19.3 Å². The Balaban J connectivity index is 1.17. The SMILES string of the molecule is CC=C(C(=O)CC(C)C1=C(O)C(=O)C2C3CCC4CC(OC5OC(C(=O)OC)C(O)C(O)C5OC5OC(CO)C(O)C(O)C5O)CCC4(C)C3CCC12C)C(C)C. The Morgan fingerprint density at radius 2 is 1.60 bits per heavy atom. The molecule has 0 spiro atoms. The number of rotatable bonds is 11. The van der Waals surface area contributed by atoms with Crippen LogP contribution in [0.15, 0.2) is 23.0 Å². The van der Waals surface area contributed by atoms with Crippen LogP contribution in [0, 0.1) is 46.3 Å². The number of hydrogen-bond donors (Lipinski definition) is 7. The standard InChI is InChI=1S/C42H64O15/c1-8-22(18(2)3)25(44)15-19(4)27-30(46)31(47)28-23-10-9-20-16-21(11-13-41(20,5)24(23)12-14-42(27,28)6)54-40-37(34(50)33(49)36(56-40)38(52)53-7)57-39-35(51)32(48)29(45)26(17-43)55-39/h8,18-21,23-24,26,28-29,32-37,39-40,43,45-46,48-51H,9-17H2,1-7H3. The minimum absolute atomic E-state index is 0.0392. The third-order valence-corrected chi connectivity index (χ3v) is 14.9. The number of carbonyl (C=O) groups is 3. The summed E-state index contributed by atoms with van der Waals surface area (Å²) < 4.78 is 28.6. The smallest absolute Gasteiger partial charge is 0.337 e. The molecule has 0 radical (unpaired) electrons.